The monoisotopic (exact) mass is 421 g/mol. The maximum absolute atomic E-state index is 10.5. The van der Waals surface area contributed by atoms with Gasteiger partial charge in [0.15, 0.2) is 0 Å². The van der Waals surface area contributed by atoms with Gasteiger partial charge in [0, 0.05) is 0 Å². The molecule has 0 heterocycles. The van der Waals surface area contributed by atoms with E-state index in [1.807, 2.05) is 0 Å². The molecule has 0 atom stereocenters. The van der Waals surface area contributed by atoms with Crippen molar-refractivity contribution in [1.82, 2.24) is 0 Å². The summed E-state index contributed by atoms with van der Waals surface area (Å²) in [5, 5.41) is 4.72. The number of hydrogen-bond acceptors (Lipinski definition) is 3. The molecule has 0 aromatic carbocycles. The second kappa shape index (κ2) is 16.6. The largest absolute Gasteiger partial charge is 0.333 e. The van der Waals surface area contributed by atoms with Gasteiger partial charge < -0.3 is 4.48 Å². The molecule has 6 heteroatoms. The van der Waals surface area contributed by atoms with Crippen molar-refractivity contribution in [2.45, 2.75) is 117 Å². The maximum atomic E-state index is 10.5. The van der Waals surface area contributed by atoms with Crippen LogP contribution in [0.1, 0.15) is 111 Å². The molecule has 0 bridgehead atoms. The van der Waals surface area contributed by atoms with Gasteiger partial charge in [0.05, 0.1) is 32.3 Å². The van der Waals surface area contributed by atoms with Crippen LogP contribution in [0.2, 0.25) is 0 Å². The van der Waals surface area contributed by atoms with E-state index in [0.717, 1.165) is 25.7 Å². The van der Waals surface area contributed by atoms with Crippen molar-refractivity contribution in [2.24, 2.45) is 5.14 Å². The SMILES string of the molecule is CCCC[N+](CCCC)(CCCC)CCCC.NS(=O)(=O)OC1CCCCC1. The summed E-state index contributed by atoms with van der Waals surface area (Å²) in [6.45, 7) is 15.0. The molecule has 0 aliphatic heterocycles. The minimum Gasteiger partial charge on any atom is -0.324 e. The van der Waals surface area contributed by atoms with Gasteiger partial charge in [0.2, 0.25) is 0 Å². The molecule has 1 aliphatic carbocycles. The van der Waals surface area contributed by atoms with E-state index >= 15 is 0 Å². The highest BCUT2D eigenvalue weighted by atomic mass is 32.2. The highest BCUT2D eigenvalue weighted by molar-refractivity contribution is 7.84. The van der Waals surface area contributed by atoms with E-state index in [-0.39, 0.29) is 6.10 Å². The molecular weight excluding hydrogens is 372 g/mol. The van der Waals surface area contributed by atoms with Crippen LogP contribution >= 0.6 is 0 Å². The van der Waals surface area contributed by atoms with Gasteiger partial charge in [-0.3, -0.25) is 4.18 Å². The lowest BCUT2D eigenvalue weighted by atomic mass is 9.98. The van der Waals surface area contributed by atoms with Crippen LogP contribution in [-0.2, 0) is 14.5 Å². The summed E-state index contributed by atoms with van der Waals surface area (Å²) in [4.78, 5) is 0. The van der Waals surface area contributed by atoms with Crippen molar-refractivity contribution in [1.29, 1.82) is 0 Å². The molecule has 1 saturated carbocycles. The average Bonchev–Trinajstić information content (AvgIpc) is 2.67. The smallest absolute Gasteiger partial charge is 0.324 e. The summed E-state index contributed by atoms with van der Waals surface area (Å²) in [7, 11) is -3.72. The van der Waals surface area contributed by atoms with E-state index in [4.69, 9.17) is 5.14 Å². The molecule has 5 nitrogen and oxygen atoms in total. The summed E-state index contributed by atoms with van der Waals surface area (Å²) in [5.41, 5.74) is 0. The Balaban J connectivity index is 0.000000567. The number of nitrogens with two attached hydrogens (primary N) is 1. The van der Waals surface area contributed by atoms with Crippen LogP contribution in [0.4, 0.5) is 0 Å². The summed E-state index contributed by atoms with van der Waals surface area (Å²) < 4.78 is 27.0. The molecule has 2 N–H and O–H groups in total. The van der Waals surface area contributed by atoms with Crippen LogP contribution < -0.4 is 5.14 Å². The van der Waals surface area contributed by atoms with Crippen LogP contribution in [0.3, 0.4) is 0 Å². The summed E-state index contributed by atoms with van der Waals surface area (Å²) in [6, 6.07) is 0. The van der Waals surface area contributed by atoms with Gasteiger partial charge in [-0.25, -0.2) is 5.14 Å². The third-order valence-corrected chi connectivity index (χ3v) is 6.31. The molecule has 0 unspecified atom stereocenters. The average molecular weight is 422 g/mol. The molecule has 0 aromatic heterocycles. The topological polar surface area (TPSA) is 69.4 Å². The van der Waals surface area contributed by atoms with Gasteiger partial charge in [0.25, 0.3) is 0 Å². The zero-order chi connectivity index (χ0) is 21.3. The third-order valence-electron chi connectivity index (χ3n) is 5.77. The molecule has 1 fully saturated rings. The minimum atomic E-state index is -3.72. The molecule has 170 valence electrons. The van der Waals surface area contributed by atoms with Crippen LogP contribution in [0.5, 0.6) is 0 Å². The van der Waals surface area contributed by atoms with Gasteiger partial charge in [-0.15, -0.1) is 0 Å². The molecule has 1 rings (SSSR count). The van der Waals surface area contributed by atoms with E-state index in [0.29, 0.717) is 0 Å². The Morgan fingerprint density at radius 2 is 1.11 bits per heavy atom. The fraction of sp³-hybridized carbons (Fsp3) is 1.00. The fourth-order valence-electron chi connectivity index (χ4n) is 4.00. The zero-order valence-electron chi connectivity index (χ0n) is 19.3. The van der Waals surface area contributed by atoms with Crippen LogP contribution in [0, 0.1) is 0 Å². The molecule has 28 heavy (non-hydrogen) atoms. The Labute approximate surface area is 176 Å². The van der Waals surface area contributed by atoms with E-state index < -0.39 is 10.3 Å². The lowest BCUT2D eigenvalue weighted by Crippen LogP contribution is -2.50. The number of rotatable bonds is 14. The zero-order valence-corrected chi connectivity index (χ0v) is 20.1. The van der Waals surface area contributed by atoms with Crippen molar-refractivity contribution in [3.05, 3.63) is 0 Å². The van der Waals surface area contributed by atoms with Gasteiger partial charge in [0.1, 0.15) is 0 Å². The first-order valence-corrected chi connectivity index (χ1v) is 13.4. The summed E-state index contributed by atoms with van der Waals surface area (Å²) in [6.07, 6.45) is 15.8. The third kappa shape index (κ3) is 14.8. The standard InChI is InChI=1S/C16H36N.C6H13NO3S/c1-5-9-13-17(14-10-6-2,15-11-7-3)16-12-8-4;7-11(8,9)10-6-4-2-1-3-5-6/h5-16H2,1-4H3;6H,1-5H2,(H2,7,8,9)/q+1;. The molecule has 1 aliphatic rings. The van der Waals surface area contributed by atoms with Gasteiger partial charge in [-0.05, 0) is 38.5 Å². The van der Waals surface area contributed by atoms with Gasteiger partial charge in [-0.1, -0.05) is 72.6 Å². The Morgan fingerprint density at radius 1 is 0.750 bits per heavy atom. The van der Waals surface area contributed by atoms with E-state index in [1.165, 1.54) is 88.4 Å². The van der Waals surface area contributed by atoms with Crippen molar-refractivity contribution in [2.75, 3.05) is 26.2 Å². The number of nitrogens with zero attached hydrogens (tertiary/aromatic N) is 1. The fourth-order valence-corrected chi connectivity index (χ4v) is 4.57. The lowest BCUT2D eigenvalue weighted by molar-refractivity contribution is -0.929. The van der Waals surface area contributed by atoms with Crippen LogP contribution in [0.15, 0.2) is 0 Å². The second-order valence-corrected chi connectivity index (χ2v) is 9.68. The van der Waals surface area contributed by atoms with E-state index in [1.54, 1.807) is 0 Å². The molecule has 0 radical (unpaired) electrons. The van der Waals surface area contributed by atoms with E-state index in [9.17, 15) is 8.42 Å². The highest BCUT2D eigenvalue weighted by Gasteiger charge is 2.24. The highest BCUT2D eigenvalue weighted by Crippen LogP contribution is 2.21. The first-order chi connectivity index (χ1) is 13.3. The summed E-state index contributed by atoms with van der Waals surface area (Å²) >= 11 is 0. The van der Waals surface area contributed by atoms with Crippen molar-refractivity contribution >= 4 is 10.3 Å². The van der Waals surface area contributed by atoms with E-state index in [2.05, 4.69) is 31.9 Å². The predicted octanol–water partition coefficient (Wildman–Crippen LogP) is 5.54. The molecule has 0 amide bonds. The molecule has 0 spiro atoms. The maximum Gasteiger partial charge on any atom is 0.333 e. The minimum absolute atomic E-state index is 0.168. The van der Waals surface area contributed by atoms with Crippen molar-refractivity contribution in [3.8, 4) is 0 Å². The van der Waals surface area contributed by atoms with Crippen LogP contribution in [-0.4, -0.2) is 45.2 Å². The Kier molecular flexibility index (Phi) is 16.5. The van der Waals surface area contributed by atoms with Crippen LogP contribution in [0.25, 0.3) is 0 Å². The normalized spacial score (nSPS) is 15.9. The summed E-state index contributed by atoms with van der Waals surface area (Å²) in [5.74, 6) is 0. The number of unbranched alkanes of at least 4 members (excludes halogenated alkanes) is 4. The number of hydrogen-bond donors (Lipinski definition) is 1. The number of quaternary nitrogens is 1. The van der Waals surface area contributed by atoms with Gasteiger partial charge >= 0.3 is 10.3 Å². The van der Waals surface area contributed by atoms with Gasteiger partial charge in [-0.2, -0.15) is 8.42 Å². The molecule has 0 aromatic rings. The Morgan fingerprint density at radius 3 is 1.39 bits per heavy atom. The Hall–Kier alpha value is -0.170. The van der Waals surface area contributed by atoms with Crippen molar-refractivity contribution in [3.63, 3.8) is 0 Å². The first-order valence-electron chi connectivity index (χ1n) is 11.9. The second-order valence-electron chi connectivity index (χ2n) is 8.50. The quantitative estimate of drug-likeness (QED) is 0.374. The predicted molar refractivity (Wildman–Crippen MR) is 120 cm³/mol. The van der Waals surface area contributed by atoms with Crippen molar-refractivity contribution < 1.29 is 17.1 Å². The lowest BCUT2D eigenvalue weighted by Gasteiger charge is -2.39. The Bertz CT molecular complexity index is 411. The molecule has 0 saturated heterocycles. The molecular formula is C22H49N2O3S+. The first kappa shape index (κ1) is 27.8.